The quantitative estimate of drug-likeness (QED) is 0.773. The standard InChI is InChI=1S/C9H4F3N3S/c10-9(11,12)5-2-7-6(1-4(5)3-13)15-8(14)16-7/h1-2H,(H2,14,15). The second-order valence-electron chi connectivity index (χ2n) is 3.03. The number of fused-ring (bicyclic) bond motifs is 1. The number of thiazole rings is 1. The lowest BCUT2D eigenvalue weighted by Crippen LogP contribution is -2.07. The molecule has 0 radical (unpaired) electrons. The number of nitriles is 1. The van der Waals surface area contributed by atoms with Gasteiger partial charge in [0, 0.05) is 0 Å². The van der Waals surface area contributed by atoms with Crippen LogP contribution in [-0.2, 0) is 6.18 Å². The molecule has 3 nitrogen and oxygen atoms in total. The lowest BCUT2D eigenvalue weighted by molar-refractivity contribution is -0.137. The normalized spacial score (nSPS) is 11.6. The van der Waals surface area contributed by atoms with Gasteiger partial charge in [0.05, 0.1) is 27.4 Å². The van der Waals surface area contributed by atoms with Crippen LogP contribution in [0.3, 0.4) is 0 Å². The minimum Gasteiger partial charge on any atom is -0.375 e. The van der Waals surface area contributed by atoms with E-state index in [1.165, 1.54) is 6.07 Å². The molecule has 0 aliphatic rings. The number of hydrogen-bond donors (Lipinski definition) is 1. The molecule has 0 spiro atoms. The molecular weight excluding hydrogens is 239 g/mol. The molecule has 0 amide bonds. The van der Waals surface area contributed by atoms with E-state index in [9.17, 15) is 13.2 Å². The first-order valence-electron chi connectivity index (χ1n) is 4.09. The SMILES string of the molecule is N#Cc1cc2nc(N)sc2cc1C(F)(F)F. The van der Waals surface area contributed by atoms with Gasteiger partial charge in [0.2, 0.25) is 0 Å². The van der Waals surface area contributed by atoms with Gasteiger partial charge >= 0.3 is 6.18 Å². The van der Waals surface area contributed by atoms with Gasteiger partial charge < -0.3 is 5.73 Å². The molecular formula is C9H4F3N3S. The van der Waals surface area contributed by atoms with E-state index >= 15 is 0 Å². The van der Waals surface area contributed by atoms with Gasteiger partial charge in [-0.05, 0) is 12.1 Å². The number of nitrogens with zero attached hydrogens (tertiary/aromatic N) is 2. The van der Waals surface area contributed by atoms with Gasteiger partial charge in [0.1, 0.15) is 0 Å². The number of anilines is 1. The van der Waals surface area contributed by atoms with Crippen molar-refractivity contribution in [2.45, 2.75) is 6.18 Å². The van der Waals surface area contributed by atoms with Gasteiger partial charge in [-0.25, -0.2) is 4.98 Å². The average Bonchev–Trinajstić information content (AvgIpc) is 2.53. The second-order valence-corrected chi connectivity index (χ2v) is 4.09. The van der Waals surface area contributed by atoms with Crippen LogP contribution < -0.4 is 5.73 Å². The third-order valence-electron chi connectivity index (χ3n) is 1.97. The van der Waals surface area contributed by atoms with Crippen molar-refractivity contribution in [3.63, 3.8) is 0 Å². The molecule has 2 rings (SSSR count). The number of benzene rings is 1. The van der Waals surface area contributed by atoms with Crippen LogP contribution in [0.4, 0.5) is 18.3 Å². The summed E-state index contributed by atoms with van der Waals surface area (Å²) in [6, 6.07) is 3.51. The fraction of sp³-hybridized carbons (Fsp3) is 0.111. The van der Waals surface area contributed by atoms with Crippen LogP contribution in [0.25, 0.3) is 10.2 Å². The summed E-state index contributed by atoms with van der Waals surface area (Å²) < 4.78 is 38.0. The van der Waals surface area contributed by atoms with Crippen LogP contribution in [0.1, 0.15) is 11.1 Å². The number of aromatic nitrogens is 1. The Bertz CT molecular complexity index is 594. The summed E-state index contributed by atoms with van der Waals surface area (Å²) in [5, 5.41) is 8.82. The van der Waals surface area contributed by atoms with E-state index in [1.807, 2.05) is 0 Å². The van der Waals surface area contributed by atoms with Crippen LogP contribution in [0, 0.1) is 11.3 Å². The number of alkyl halides is 3. The molecule has 0 fully saturated rings. The van der Waals surface area contributed by atoms with Crippen molar-refractivity contribution in [2.75, 3.05) is 5.73 Å². The minimum absolute atomic E-state index is 0.179. The van der Waals surface area contributed by atoms with Crippen molar-refractivity contribution >= 4 is 26.7 Å². The van der Waals surface area contributed by atoms with Crippen molar-refractivity contribution in [3.8, 4) is 6.07 Å². The van der Waals surface area contributed by atoms with E-state index in [2.05, 4.69) is 4.98 Å². The molecule has 0 atom stereocenters. The molecule has 1 aromatic heterocycles. The molecule has 0 bridgehead atoms. The van der Waals surface area contributed by atoms with Crippen LogP contribution in [0.5, 0.6) is 0 Å². The lowest BCUT2D eigenvalue weighted by Gasteiger charge is -2.07. The number of rotatable bonds is 0. The number of hydrogen-bond acceptors (Lipinski definition) is 4. The van der Waals surface area contributed by atoms with Gasteiger partial charge in [-0.3, -0.25) is 0 Å². The van der Waals surface area contributed by atoms with Crippen molar-refractivity contribution in [2.24, 2.45) is 0 Å². The molecule has 0 saturated heterocycles. The van der Waals surface area contributed by atoms with Gasteiger partial charge in [-0.2, -0.15) is 18.4 Å². The summed E-state index contributed by atoms with van der Waals surface area (Å²) in [6.07, 6.45) is -4.54. The Hall–Kier alpha value is -1.81. The maximum Gasteiger partial charge on any atom is 0.417 e. The third kappa shape index (κ3) is 1.67. The topological polar surface area (TPSA) is 62.7 Å². The highest BCUT2D eigenvalue weighted by atomic mass is 32.1. The number of nitrogens with two attached hydrogens (primary N) is 1. The molecule has 0 aliphatic heterocycles. The Kier molecular flexibility index (Phi) is 2.24. The fourth-order valence-corrected chi connectivity index (χ4v) is 2.07. The van der Waals surface area contributed by atoms with Gasteiger partial charge in [-0.1, -0.05) is 11.3 Å². The molecule has 82 valence electrons. The highest BCUT2D eigenvalue weighted by Crippen LogP contribution is 2.36. The highest BCUT2D eigenvalue weighted by Gasteiger charge is 2.34. The summed E-state index contributed by atoms with van der Waals surface area (Å²) in [5.41, 5.74) is 4.30. The summed E-state index contributed by atoms with van der Waals surface area (Å²) in [5.74, 6) is 0. The van der Waals surface area contributed by atoms with E-state index in [0.29, 0.717) is 10.2 Å². The summed E-state index contributed by atoms with van der Waals surface area (Å²) in [4.78, 5) is 3.82. The monoisotopic (exact) mass is 243 g/mol. The Morgan fingerprint density at radius 3 is 2.62 bits per heavy atom. The molecule has 2 aromatic rings. The molecule has 1 aromatic carbocycles. The van der Waals surface area contributed by atoms with Crippen molar-refractivity contribution < 1.29 is 13.2 Å². The zero-order chi connectivity index (χ0) is 11.9. The van der Waals surface area contributed by atoms with Gasteiger partial charge in [0.15, 0.2) is 5.13 Å². The molecule has 7 heteroatoms. The van der Waals surface area contributed by atoms with Crippen LogP contribution in [0.15, 0.2) is 12.1 Å². The third-order valence-corrected chi connectivity index (χ3v) is 2.82. The molecule has 0 aliphatic carbocycles. The summed E-state index contributed by atoms with van der Waals surface area (Å²) in [6.45, 7) is 0. The molecule has 1 heterocycles. The Morgan fingerprint density at radius 1 is 1.38 bits per heavy atom. The van der Waals surface area contributed by atoms with E-state index in [0.717, 1.165) is 23.5 Å². The smallest absolute Gasteiger partial charge is 0.375 e. The van der Waals surface area contributed by atoms with Gasteiger partial charge in [0.25, 0.3) is 0 Å². The Morgan fingerprint density at radius 2 is 2.06 bits per heavy atom. The first-order valence-corrected chi connectivity index (χ1v) is 4.91. The second kappa shape index (κ2) is 3.35. The summed E-state index contributed by atoms with van der Waals surface area (Å²) >= 11 is 0.959. The van der Waals surface area contributed by atoms with E-state index in [-0.39, 0.29) is 5.13 Å². The Labute approximate surface area is 91.9 Å². The highest BCUT2D eigenvalue weighted by molar-refractivity contribution is 7.22. The maximum absolute atomic E-state index is 12.6. The predicted molar refractivity (Wildman–Crippen MR) is 53.7 cm³/mol. The first-order chi connectivity index (χ1) is 7.41. The van der Waals surface area contributed by atoms with Crippen LogP contribution in [-0.4, -0.2) is 4.98 Å². The maximum atomic E-state index is 12.6. The largest absolute Gasteiger partial charge is 0.417 e. The lowest BCUT2D eigenvalue weighted by atomic mass is 10.1. The average molecular weight is 243 g/mol. The zero-order valence-electron chi connectivity index (χ0n) is 7.67. The zero-order valence-corrected chi connectivity index (χ0v) is 8.49. The van der Waals surface area contributed by atoms with Crippen LogP contribution in [0.2, 0.25) is 0 Å². The van der Waals surface area contributed by atoms with Crippen molar-refractivity contribution in [1.82, 2.24) is 4.98 Å². The predicted octanol–water partition coefficient (Wildman–Crippen LogP) is 2.77. The molecule has 0 saturated carbocycles. The molecule has 2 N–H and O–H groups in total. The van der Waals surface area contributed by atoms with E-state index in [1.54, 1.807) is 0 Å². The number of halogens is 3. The number of nitrogen functional groups attached to an aromatic ring is 1. The first kappa shape index (κ1) is 10.7. The Balaban J connectivity index is 2.78. The summed E-state index contributed by atoms with van der Waals surface area (Å²) in [7, 11) is 0. The van der Waals surface area contributed by atoms with Crippen molar-refractivity contribution in [1.29, 1.82) is 5.26 Å². The van der Waals surface area contributed by atoms with E-state index < -0.39 is 17.3 Å². The van der Waals surface area contributed by atoms with Crippen LogP contribution >= 0.6 is 11.3 Å². The molecule has 16 heavy (non-hydrogen) atoms. The van der Waals surface area contributed by atoms with Gasteiger partial charge in [-0.15, -0.1) is 0 Å². The minimum atomic E-state index is -4.54. The van der Waals surface area contributed by atoms with E-state index in [4.69, 9.17) is 11.0 Å². The fourth-order valence-electron chi connectivity index (χ4n) is 1.32. The van der Waals surface area contributed by atoms with Crippen molar-refractivity contribution in [3.05, 3.63) is 23.3 Å². The molecule has 0 unspecified atom stereocenters.